The Kier molecular flexibility index (Phi) is 5.76. The Morgan fingerprint density at radius 2 is 2.17 bits per heavy atom. The zero-order valence-corrected chi connectivity index (χ0v) is 15.2. The number of halogens is 1. The summed E-state index contributed by atoms with van der Waals surface area (Å²) >= 11 is 7.71. The summed E-state index contributed by atoms with van der Waals surface area (Å²) in [6.07, 6.45) is 2.44. The lowest BCUT2D eigenvalue weighted by Crippen LogP contribution is -2.36. The van der Waals surface area contributed by atoms with E-state index in [1.54, 1.807) is 36.6 Å². The average Bonchev–Trinajstić information content (AvgIpc) is 3.29. The summed E-state index contributed by atoms with van der Waals surface area (Å²) in [7, 11) is 1.55. The van der Waals surface area contributed by atoms with E-state index in [2.05, 4.69) is 27.0 Å². The van der Waals surface area contributed by atoms with E-state index in [0.29, 0.717) is 22.9 Å². The van der Waals surface area contributed by atoms with Crippen LogP contribution in [0.5, 0.6) is 5.75 Å². The minimum Gasteiger partial charge on any atom is -0.496 e. The van der Waals surface area contributed by atoms with Crippen LogP contribution in [0.2, 0.25) is 5.02 Å². The van der Waals surface area contributed by atoms with Crippen molar-refractivity contribution in [1.29, 1.82) is 0 Å². The van der Waals surface area contributed by atoms with Crippen molar-refractivity contribution in [3.05, 3.63) is 51.2 Å². The zero-order chi connectivity index (χ0) is 16.9. The van der Waals surface area contributed by atoms with Gasteiger partial charge in [0.25, 0.3) is 5.91 Å². The number of ether oxygens (including phenoxy) is 1. The van der Waals surface area contributed by atoms with Crippen molar-refractivity contribution in [2.45, 2.75) is 18.9 Å². The molecule has 1 N–H and O–H groups in total. The third-order valence-electron chi connectivity index (χ3n) is 4.37. The first kappa shape index (κ1) is 17.3. The van der Waals surface area contributed by atoms with Gasteiger partial charge < -0.3 is 10.1 Å². The lowest BCUT2D eigenvalue weighted by molar-refractivity contribution is 0.0935. The van der Waals surface area contributed by atoms with Gasteiger partial charge in [-0.3, -0.25) is 9.69 Å². The minimum absolute atomic E-state index is 0.159. The molecule has 128 valence electrons. The highest BCUT2D eigenvalue weighted by atomic mass is 35.5. The summed E-state index contributed by atoms with van der Waals surface area (Å²) in [5.41, 5.74) is 1.73. The molecule has 1 amide bonds. The predicted molar refractivity (Wildman–Crippen MR) is 98.2 cm³/mol. The van der Waals surface area contributed by atoms with Crippen LogP contribution in [0.3, 0.4) is 0 Å². The minimum atomic E-state index is -0.159. The molecule has 0 unspecified atom stereocenters. The molecular weight excluding hydrogens is 344 g/mol. The molecule has 6 heteroatoms. The maximum Gasteiger partial charge on any atom is 0.255 e. The number of rotatable bonds is 6. The fourth-order valence-electron chi connectivity index (χ4n) is 3.12. The lowest BCUT2D eigenvalue weighted by atomic mass is 10.1. The standard InChI is InChI=1S/C18H21ClN2O2S/c1-23-17-5-4-14(19)10-15(17)18(22)20-11-16(13-6-9-24-12-13)21-7-2-3-8-21/h4-6,9-10,12,16H,2-3,7-8,11H2,1H3,(H,20,22)/t16-/m1/s1. The number of nitrogens with zero attached hydrogens (tertiary/aromatic N) is 1. The summed E-state index contributed by atoms with van der Waals surface area (Å²) < 4.78 is 5.27. The van der Waals surface area contributed by atoms with E-state index in [1.807, 2.05) is 0 Å². The van der Waals surface area contributed by atoms with E-state index >= 15 is 0 Å². The first-order valence-corrected chi connectivity index (χ1v) is 9.39. The number of hydrogen-bond acceptors (Lipinski definition) is 4. The first-order valence-electron chi connectivity index (χ1n) is 8.07. The molecule has 0 radical (unpaired) electrons. The largest absolute Gasteiger partial charge is 0.496 e. The molecule has 1 aliphatic heterocycles. The molecule has 0 saturated carbocycles. The van der Waals surface area contributed by atoms with Gasteiger partial charge in [-0.2, -0.15) is 11.3 Å². The lowest BCUT2D eigenvalue weighted by Gasteiger charge is -2.27. The Balaban J connectivity index is 1.72. The van der Waals surface area contributed by atoms with Crippen LogP contribution in [0, 0.1) is 0 Å². The van der Waals surface area contributed by atoms with Crippen molar-refractivity contribution < 1.29 is 9.53 Å². The quantitative estimate of drug-likeness (QED) is 0.843. The van der Waals surface area contributed by atoms with Crippen LogP contribution in [0.25, 0.3) is 0 Å². The van der Waals surface area contributed by atoms with Crippen molar-refractivity contribution >= 4 is 28.8 Å². The topological polar surface area (TPSA) is 41.6 Å². The molecule has 1 aromatic heterocycles. The number of thiophene rings is 1. The molecule has 1 aliphatic rings. The number of hydrogen-bond donors (Lipinski definition) is 1. The first-order chi connectivity index (χ1) is 11.7. The van der Waals surface area contributed by atoms with Gasteiger partial charge in [0, 0.05) is 11.6 Å². The normalized spacial score (nSPS) is 16.1. The van der Waals surface area contributed by atoms with E-state index in [-0.39, 0.29) is 11.9 Å². The van der Waals surface area contributed by atoms with Gasteiger partial charge in [0.2, 0.25) is 0 Å². The molecule has 0 bridgehead atoms. The number of nitrogens with one attached hydrogen (secondary N) is 1. The van der Waals surface area contributed by atoms with Crippen molar-refractivity contribution in [1.82, 2.24) is 10.2 Å². The van der Waals surface area contributed by atoms with Crippen molar-refractivity contribution in [2.24, 2.45) is 0 Å². The van der Waals surface area contributed by atoms with Crippen LogP contribution < -0.4 is 10.1 Å². The third-order valence-corrected chi connectivity index (χ3v) is 5.31. The van der Waals surface area contributed by atoms with Crippen LogP contribution >= 0.6 is 22.9 Å². The Hall–Kier alpha value is -1.56. The van der Waals surface area contributed by atoms with Gasteiger partial charge in [0.05, 0.1) is 18.7 Å². The number of benzene rings is 1. The van der Waals surface area contributed by atoms with Crippen molar-refractivity contribution in [2.75, 3.05) is 26.7 Å². The SMILES string of the molecule is COc1ccc(Cl)cc1C(=O)NC[C@H](c1ccsc1)N1CCCC1. The van der Waals surface area contributed by atoms with E-state index in [0.717, 1.165) is 13.1 Å². The molecular formula is C18H21ClN2O2S. The molecule has 4 nitrogen and oxygen atoms in total. The number of likely N-dealkylation sites (tertiary alicyclic amines) is 1. The molecule has 2 heterocycles. The summed E-state index contributed by atoms with van der Waals surface area (Å²) in [5.74, 6) is 0.374. The van der Waals surface area contributed by atoms with Gasteiger partial charge in [0.1, 0.15) is 5.75 Å². The third kappa shape index (κ3) is 3.91. The van der Waals surface area contributed by atoms with E-state index in [9.17, 15) is 4.79 Å². The van der Waals surface area contributed by atoms with Crippen LogP contribution in [0.15, 0.2) is 35.0 Å². The average molecular weight is 365 g/mol. The molecule has 0 aliphatic carbocycles. The predicted octanol–water partition coefficient (Wildman–Crippen LogP) is 3.98. The summed E-state index contributed by atoms with van der Waals surface area (Å²) in [6, 6.07) is 7.43. The molecule has 1 aromatic carbocycles. The van der Waals surface area contributed by atoms with E-state index < -0.39 is 0 Å². The highest BCUT2D eigenvalue weighted by molar-refractivity contribution is 7.07. The fourth-order valence-corrected chi connectivity index (χ4v) is 4.00. The molecule has 2 aromatic rings. The van der Waals surface area contributed by atoms with Gasteiger partial charge in [-0.1, -0.05) is 11.6 Å². The summed E-state index contributed by atoms with van der Waals surface area (Å²) in [5, 5.41) is 7.82. The fraction of sp³-hybridized carbons (Fsp3) is 0.389. The molecule has 3 rings (SSSR count). The zero-order valence-electron chi connectivity index (χ0n) is 13.6. The number of amides is 1. The Morgan fingerprint density at radius 3 is 2.83 bits per heavy atom. The van der Waals surface area contributed by atoms with Crippen LogP contribution in [-0.4, -0.2) is 37.6 Å². The Morgan fingerprint density at radius 1 is 1.38 bits per heavy atom. The highest BCUT2D eigenvalue weighted by Crippen LogP contribution is 2.27. The van der Waals surface area contributed by atoms with Crippen LogP contribution in [-0.2, 0) is 0 Å². The molecule has 1 saturated heterocycles. The second kappa shape index (κ2) is 8.01. The molecule has 1 atom stereocenters. The number of carbonyl (C=O) groups is 1. The second-order valence-corrected chi connectivity index (χ2v) is 7.09. The maximum atomic E-state index is 12.6. The molecule has 1 fully saturated rings. The van der Waals surface area contributed by atoms with Gasteiger partial charge >= 0.3 is 0 Å². The molecule has 24 heavy (non-hydrogen) atoms. The maximum absolute atomic E-state index is 12.6. The van der Waals surface area contributed by atoms with Crippen LogP contribution in [0.4, 0.5) is 0 Å². The Labute approximate surface area is 151 Å². The van der Waals surface area contributed by atoms with Crippen molar-refractivity contribution in [3.8, 4) is 5.75 Å². The highest BCUT2D eigenvalue weighted by Gasteiger charge is 2.25. The molecule has 0 spiro atoms. The number of carbonyl (C=O) groups excluding carboxylic acids is 1. The smallest absolute Gasteiger partial charge is 0.255 e. The summed E-state index contributed by atoms with van der Waals surface area (Å²) in [6.45, 7) is 2.74. The second-order valence-electron chi connectivity index (χ2n) is 5.87. The van der Waals surface area contributed by atoms with Gasteiger partial charge in [0.15, 0.2) is 0 Å². The summed E-state index contributed by atoms with van der Waals surface area (Å²) in [4.78, 5) is 15.0. The van der Waals surface area contributed by atoms with Gasteiger partial charge in [-0.15, -0.1) is 0 Å². The van der Waals surface area contributed by atoms with Gasteiger partial charge in [-0.05, 0) is 66.5 Å². The Bertz CT molecular complexity index is 684. The van der Waals surface area contributed by atoms with Crippen LogP contribution in [0.1, 0.15) is 34.8 Å². The van der Waals surface area contributed by atoms with Crippen molar-refractivity contribution in [3.63, 3.8) is 0 Å². The number of methoxy groups -OCH3 is 1. The van der Waals surface area contributed by atoms with E-state index in [1.165, 1.54) is 18.4 Å². The van der Waals surface area contributed by atoms with Gasteiger partial charge in [-0.25, -0.2) is 0 Å². The monoisotopic (exact) mass is 364 g/mol. The van der Waals surface area contributed by atoms with E-state index in [4.69, 9.17) is 16.3 Å².